The first-order chi connectivity index (χ1) is 13.8. The summed E-state index contributed by atoms with van der Waals surface area (Å²) >= 11 is 0. The Morgan fingerprint density at radius 2 is 1.21 bits per heavy atom. The number of nitrogens with one attached hydrogen (secondary N) is 1. The van der Waals surface area contributed by atoms with E-state index in [1.54, 1.807) is 0 Å². The lowest BCUT2D eigenvalue weighted by molar-refractivity contribution is 0.490. The van der Waals surface area contributed by atoms with Crippen molar-refractivity contribution in [3.63, 3.8) is 0 Å². The van der Waals surface area contributed by atoms with Crippen molar-refractivity contribution in [2.75, 3.05) is 24.6 Å². The molecule has 2 nitrogen and oxygen atoms in total. The van der Waals surface area contributed by atoms with Crippen molar-refractivity contribution in [2.24, 2.45) is 5.73 Å². The third kappa shape index (κ3) is 5.00. The van der Waals surface area contributed by atoms with E-state index in [4.69, 9.17) is 5.73 Å². The third-order valence-corrected chi connectivity index (χ3v) is 7.20. The van der Waals surface area contributed by atoms with E-state index in [0.717, 1.165) is 24.6 Å². The average molecular weight is 409 g/mol. The molecule has 28 heavy (non-hydrogen) atoms. The molecular formula is C24H28N2S2. The normalized spacial score (nSPS) is 11.5. The van der Waals surface area contributed by atoms with Crippen LogP contribution in [-0.4, -0.2) is 24.6 Å². The highest BCUT2D eigenvalue weighted by Crippen LogP contribution is 2.37. The Morgan fingerprint density at radius 1 is 0.714 bits per heavy atom. The summed E-state index contributed by atoms with van der Waals surface area (Å²) in [4.78, 5) is 0. The Balaban J connectivity index is 2.01. The quantitative estimate of drug-likeness (QED) is 0.274. The molecule has 0 heterocycles. The van der Waals surface area contributed by atoms with Crippen LogP contribution >= 0.6 is 21.6 Å². The number of benzene rings is 3. The molecule has 3 aromatic rings. The number of rotatable bonds is 10. The van der Waals surface area contributed by atoms with E-state index in [0.29, 0.717) is 0 Å². The molecule has 4 heteroatoms. The highest BCUT2D eigenvalue weighted by molar-refractivity contribution is 8.76. The lowest BCUT2D eigenvalue weighted by atomic mass is 9.77. The second kappa shape index (κ2) is 10.7. The lowest BCUT2D eigenvalue weighted by Gasteiger charge is -2.37. The van der Waals surface area contributed by atoms with Crippen molar-refractivity contribution in [1.29, 1.82) is 0 Å². The predicted molar refractivity (Wildman–Crippen MR) is 126 cm³/mol. The minimum atomic E-state index is -0.380. The van der Waals surface area contributed by atoms with Gasteiger partial charge in [0.15, 0.2) is 0 Å². The van der Waals surface area contributed by atoms with Crippen LogP contribution in [0.2, 0.25) is 0 Å². The van der Waals surface area contributed by atoms with E-state index in [-0.39, 0.29) is 5.54 Å². The molecule has 0 aliphatic heterocycles. The van der Waals surface area contributed by atoms with E-state index in [1.165, 1.54) is 22.3 Å². The molecule has 0 aromatic heterocycles. The number of hydrogen-bond acceptors (Lipinski definition) is 4. The highest BCUT2D eigenvalue weighted by atomic mass is 33.1. The van der Waals surface area contributed by atoms with Gasteiger partial charge in [-0.05, 0) is 23.6 Å². The Kier molecular flexibility index (Phi) is 8.04. The van der Waals surface area contributed by atoms with Gasteiger partial charge in [-0.15, -0.1) is 0 Å². The Labute approximate surface area is 176 Å². The summed E-state index contributed by atoms with van der Waals surface area (Å²) in [5.74, 6) is 2.02. The molecule has 0 amide bonds. The summed E-state index contributed by atoms with van der Waals surface area (Å²) in [7, 11) is 3.73. The first kappa shape index (κ1) is 21.0. The van der Waals surface area contributed by atoms with Gasteiger partial charge in [0.25, 0.3) is 0 Å². The average Bonchev–Trinajstić information content (AvgIpc) is 2.76. The van der Waals surface area contributed by atoms with Crippen LogP contribution in [0, 0.1) is 6.92 Å². The van der Waals surface area contributed by atoms with Gasteiger partial charge in [-0.2, -0.15) is 0 Å². The summed E-state index contributed by atoms with van der Waals surface area (Å²) in [6.07, 6.45) is 0. The molecule has 0 spiro atoms. The van der Waals surface area contributed by atoms with Gasteiger partial charge in [0, 0.05) is 24.6 Å². The van der Waals surface area contributed by atoms with Crippen LogP contribution in [0.25, 0.3) is 0 Å². The maximum Gasteiger partial charge on any atom is 0.0948 e. The van der Waals surface area contributed by atoms with Crippen LogP contribution < -0.4 is 11.1 Å². The largest absolute Gasteiger partial charge is 0.330 e. The zero-order valence-corrected chi connectivity index (χ0v) is 17.9. The fraction of sp³-hybridized carbons (Fsp3) is 0.250. The summed E-state index contributed by atoms with van der Waals surface area (Å²) < 4.78 is 0. The molecule has 0 bridgehead atoms. The Morgan fingerprint density at radius 3 is 1.75 bits per heavy atom. The van der Waals surface area contributed by atoms with Crippen molar-refractivity contribution in [3.8, 4) is 0 Å². The fourth-order valence-electron chi connectivity index (χ4n) is 3.43. The van der Waals surface area contributed by atoms with Crippen LogP contribution in [-0.2, 0) is 5.54 Å². The zero-order valence-electron chi connectivity index (χ0n) is 16.3. The van der Waals surface area contributed by atoms with Gasteiger partial charge in [-0.25, -0.2) is 0 Å². The molecule has 0 saturated heterocycles. The molecule has 0 fully saturated rings. The molecule has 3 rings (SSSR count). The van der Waals surface area contributed by atoms with Gasteiger partial charge in [0.2, 0.25) is 0 Å². The van der Waals surface area contributed by atoms with Crippen LogP contribution in [0.15, 0.2) is 84.9 Å². The number of hydrogen-bond donors (Lipinski definition) is 2. The van der Waals surface area contributed by atoms with Crippen molar-refractivity contribution >= 4 is 21.6 Å². The Bertz CT molecular complexity index is 781. The molecule has 3 N–H and O–H groups in total. The van der Waals surface area contributed by atoms with Crippen LogP contribution in [0.4, 0.5) is 0 Å². The van der Waals surface area contributed by atoms with E-state index in [1.807, 2.05) is 21.6 Å². The minimum absolute atomic E-state index is 0.380. The highest BCUT2D eigenvalue weighted by Gasteiger charge is 2.35. The van der Waals surface area contributed by atoms with E-state index >= 15 is 0 Å². The maximum absolute atomic E-state index is 5.60. The van der Waals surface area contributed by atoms with Gasteiger partial charge in [0.05, 0.1) is 5.54 Å². The SMILES string of the molecule is Cc1ccc(C(NCCSSCCN)(c2ccccc2)c2ccccc2)cc1. The van der Waals surface area contributed by atoms with Crippen molar-refractivity contribution in [2.45, 2.75) is 12.5 Å². The molecular weight excluding hydrogens is 380 g/mol. The molecule has 0 atom stereocenters. The van der Waals surface area contributed by atoms with Gasteiger partial charge in [-0.3, -0.25) is 5.32 Å². The molecule has 3 aromatic carbocycles. The maximum atomic E-state index is 5.60. The minimum Gasteiger partial charge on any atom is -0.330 e. The predicted octanol–water partition coefficient (Wildman–Crippen LogP) is 5.22. The molecule has 0 saturated carbocycles. The summed E-state index contributed by atoms with van der Waals surface area (Å²) in [6, 6.07) is 30.4. The first-order valence-corrected chi connectivity index (χ1v) is 12.1. The van der Waals surface area contributed by atoms with Crippen LogP contribution in [0.1, 0.15) is 22.3 Å². The monoisotopic (exact) mass is 408 g/mol. The summed E-state index contributed by atoms with van der Waals surface area (Å²) in [6.45, 7) is 3.77. The van der Waals surface area contributed by atoms with E-state index < -0.39 is 0 Å². The lowest BCUT2D eigenvalue weighted by Crippen LogP contribution is -2.45. The summed E-state index contributed by atoms with van der Waals surface area (Å²) in [5.41, 5.74) is 10.3. The molecule has 146 valence electrons. The zero-order chi connectivity index (χ0) is 19.7. The smallest absolute Gasteiger partial charge is 0.0948 e. The number of aryl methyl sites for hydroxylation is 1. The second-order valence-electron chi connectivity index (χ2n) is 6.71. The first-order valence-electron chi connectivity index (χ1n) is 9.65. The van der Waals surface area contributed by atoms with Gasteiger partial charge < -0.3 is 5.73 Å². The topological polar surface area (TPSA) is 38.0 Å². The molecule has 0 aliphatic carbocycles. The van der Waals surface area contributed by atoms with E-state index in [2.05, 4.69) is 97.2 Å². The van der Waals surface area contributed by atoms with E-state index in [9.17, 15) is 0 Å². The van der Waals surface area contributed by atoms with Gasteiger partial charge in [-0.1, -0.05) is 112 Å². The second-order valence-corrected chi connectivity index (χ2v) is 9.41. The third-order valence-electron chi connectivity index (χ3n) is 4.76. The summed E-state index contributed by atoms with van der Waals surface area (Å²) in [5, 5.41) is 3.91. The molecule has 0 unspecified atom stereocenters. The molecule has 0 radical (unpaired) electrons. The van der Waals surface area contributed by atoms with Crippen molar-refractivity contribution in [3.05, 3.63) is 107 Å². The van der Waals surface area contributed by atoms with Crippen LogP contribution in [0.5, 0.6) is 0 Å². The Hall–Kier alpha value is -1.72. The van der Waals surface area contributed by atoms with Crippen molar-refractivity contribution in [1.82, 2.24) is 5.32 Å². The standard InChI is InChI=1S/C24H28N2S2/c1-20-12-14-23(15-13-20)24(21-8-4-2-5-9-21,22-10-6-3-7-11-22)26-17-19-28-27-18-16-25/h2-15,26H,16-19,25H2,1H3. The van der Waals surface area contributed by atoms with Crippen LogP contribution in [0.3, 0.4) is 0 Å². The molecule has 0 aliphatic rings. The van der Waals surface area contributed by atoms with Crippen molar-refractivity contribution < 1.29 is 0 Å². The fourth-order valence-corrected chi connectivity index (χ4v) is 5.20. The number of nitrogens with two attached hydrogens (primary N) is 1. The van der Waals surface area contributed by atoms with Gasteiger partial charge in [0.1, 0.15) is 0 Å². The van der Waals surface area contributed by atoms with Gasteiger partial charge >= 0.3 is 0 Å².